The predicted octanol–water partition coefficient (Wildman–Crippen LogP) is 6.01. The zero-order valence-electron chi connectivity index (χ0n) is 18.4. The Balaban J connectivity index is 2.68. The fourth-order valence-electron chi connectivity index (χ4n) is 2.89. The fraction of sp³-hybridized carbons (Fsp3) is 0.600. The highest BCUT2D eigenvalue weighted by molar-refractivity contribution is 7.87. The first kappa shape index (κ1) is 24.6. The average Bonchev–Trinajstić information content (AvgIpc) is 2.72. The largest absolute Gasteiger partial charge is 0.541 e. The lowest BCUT2D eigenvalue weighted by atomic mass is 10.0. The Morgan fingerprint density at radius 2 is 1.67 bits per heavy atom. The highest BCUT2D eigenvalue weighted by Crippen LogP contribution is 2.46. The number of hydrogen-bond donors (Lipinski definition) is 0. The van der Waals surface area contributed by atoms with Gasteiger partial charge in [-0.1, -0.05) is 20.8 Å². The average molecular weight is 467 g/mol. The molecule has 10 heteroatoms. The Kier molecular flexibility index (Phi) is 6.64. The van der Waals surface area contributed by atoms with Crippen LogP contribution in [0.1, 0.15) is 51.7 Å². The first-order chi connectivity index (χ1) is 13.5. The van der Waals surface area contributed by atoms with Crippen LogP contribution in [-0.4, -0.2) is 29.4 Å². The minimum atomic E-state index is -5.80. The van der Waals surface area contributed by atoms with Crippen LogP contribution < -0.4 is 9.16 Å². The Bertz CT molecular complexity index is 944. The molecule has 0 unspecified atom stereocenters. The van der Waals surface area contributed by atoms with Crippen LogP contribution in [0, 0.1) is 0 Å². The zero-order chi connectivity index (χ0) is 23.1. The normalized spacial score (nSPS) is 16.1. The second kappa shape index (κ2) is 8.10. The molecule has 2 rings (SSSR count). The van der Waals surface area contributed by atoms with Crippen molar-refractivity contribution in [2.24, 2.45) is 0 Å². The third kappa shape index (κ3) is 4.79. The molecule has 0 N–H and O–H groups in total. The molecule has 1 aliphatic rings. The summed E-state index contributed by atoms with van der Waals surface area (Å²) in [5.41, 5.74) is -4.19. The fourth-order valence-corrected chi connectivity index (χ4v) is 4.48. The van der Waals surface area contributed by atoms with Crippen LogP contribution in [0.3, 0.4) is 0 Å². The zero-order valence-corrected chi connectivity index (χ0v) is 20.2. The Labute approximate surface area is 177 Å². The van der Waals surface area contributed by atoms with Gasteiger partial charge in [0.25, 0.3) is 8.32 Å². The molecular weight excluding hydrogens is 437 g/mol. The molecule has 1 aromatic rings. The molecule has 170 valence electrons. The van der Waals surface area contributed by atoms with Gasteiger partial charge in [-0.2, -0.15) is 21.6 Å². The lowest BCUT2D eigenvalue weighted by molar-refractivity contribution is -0.0509. The van der Waals surface area contributed by atoms with Gasteiger partial charge in [0.2, 0.25) is 0 Å². The topological polar surface area (TPSA) is 61.8 Å². The minimum Gasteiger partial charge on any atom is -0.541 e. The molecule has 0 amide bonds. The van der Waals surface area contributed by atoms with Gasteiger partial charge in [-0.3, -0.25) is 0 Å². The van der Waals surface area contributed by atoms with Crippen molar-refractivity contribution in [3.05, 3.63) is 28.8 Å². The third-order valence-corrected chi connectivity index (χ3v) is 11.0. The van der Waals surface area contributed by atoms with E-state index in [1.807, 2.05) is 0 Å². The molecular formula is C20H29F3O5SSi. The van der Waals surface area contributed by atoms with E-state index < -0.39 is 23.9 Å². The number of methoxy groups -OCH3 is 1. The summed E-state index contributed by atoms with van der Waals surface area (Å²) in [6.07, 6.45) is 1.50. The maximum absolute atomic E-state index is 13.0. The standard InChI is InChI=1S/C20H29F3O5SSi/c1-13-9-8-10-14-15(17(13)27-29(24,25)20(21,22)23)11-12-16(26-5)18(14)28-30(6,7)19(2,3)4/h11-12H,8-10H2,1-7H3. The Morgan fingerprint density at radius 3 is 2.17 bits per heavy atom. The molecule has 1 aliphatic carbocycles. The van der Waals surface area contributed by atoms with Crippen LogP contribution in [0.25, 0.3) is 5.76 Å². The molecule has 0 aromatic heterocycles. The van der Waals surface area contributed by atoms with E-state index in [2.05, 4.69) is 38.0 Å². The summed E-state index contributed by atoms with van der Waals surface area (Å²) in [7, 11) is -6.63. The van der Waals surface area contributed by atoms with Gasteiger partial charge >= 0.3 is 15.6 Å². The first-order valence-corrected chi connectivity index (χ1v) is 13.9. The molecule has 0 saturated heterocycles. The van der Waals surface area contributed by atoms with Crippen molar-refractivity contribution < 1.29 is 34.9 Å². The number of ether oxygens (including phenoxy) is 1. The lowest BCUT2D eigenvalue weighted by Crippen LogP contribution is -2.44. The number of benzene rings is 1. The Morgan fingerprint density at radius 1 is 1.07 bits per heavy atom. The summed E-state index contributed by atoms with van der Waals surface area (Å²) in [6, 6.07) is 3.10. The molecule has 0 fully saturated rings. The summed E-state index contributed by atoms with van der Waals surface area (Å²) in [5.74, 6) is 0.612. The van der Waals surface area contributed by atoms with Gasteiger partial charge in [0.1, 0.15) is 5.76 Å². The highest BCUT2D eigenvalue weighted by atomic mass is 32.2. The van der Waals surface area contributed by atoms with Gasteiger partial charge < -0.3 is 13.3 Å². The van der Waals surface area contributed by atoms with Crippen molar-refractivity contribution in [2.45, 2.75) is 70.6 Å². The van der Waals surface area contributed by atoms with Crippen molar-refractivity contribution >= 4 is 24.2 Å². The van der Waals surface area contributed by atoms with E-state index in [4.69, 9.17) is 9.16 Å². The molecule has 0 bridgehead atoms. The van der Waals surface area contributed by atoms with Crippen LogP contribution in [0.15, 0.2) is 17.7 Å². The summed E-state index contributed by atoms with van der Waals surface area (Å²) in [6.45, 7) is 11.9. The van der Waals surface area contributed by atoms with Crippen LogP contribution in [0.4, 0.5) is 13.2 Å². The molecule has 0 atom stereocenters. The van der Waals surface area contributed by atoms with Gasteiger partial charge in [-0.15, -0.1) is 0 Å². The number of alkyl halides is 3. The smallest absolute Gasteiger partial charge is 0.534 e. The van der Waals surface area contributed by atoms with E-state index in [1.165, 1.54) is 13.2 Å². The SMILES string of the molecule is COc1ccc2c(c1O[Si](C)(C)C(C)(C)C)CCCC(C)=C2OS(=O)(=O)C(F)(F)F. The lowest BCUT2D eigenvalue weighted by Gasteiger charge is -2.37. The molecule has 0 spiro atoms. The van der Waals surface area contributed by atoms with E-state index in [1.54, 1.807) is 13.0 Å². The van der Waals surface area contributed by atoms with Crippen molar-refractivity contribution in [3.63, 3.8) is 0 Å². The van der Waals surface area contributed by atoms with Gasteiger partial charge in [-0.05, 0) is 62.0 Å². The molecule has 30 heavy (non-hydrogen) atoms. The number of fused-ring (bicyclic) bond motifs is 1. The minimum absolute atomic E-state index is 0.129. The van der Waals surface area contributed by atoms with E-state index in [0.29, 0.717) is 41.9 Å². The summed E-state index contributed by atoms with van der Waals surface area (Å²) < 4.78 is 78.9. The van der Waals surface area contributed by atoms with Gasteiger partial charge in [-0.25, -0.2) is 0 Å². The highest BCUT2D eigenvalue weighted by Gasteiger charge is 2.49. The maximum Gasteiger partial charge on any atom is 0.534 e. The predicted molar refractivity (Wildman–Crippen MR) is 112 cm³/mol. The molecule has 0 aliphatic heterocycles. The first-order valence-electron chi connectivity index (χ1n) is 9.61. The quantitative estimate of drug-likeness (QED) is 0.302. The van der Waals surface area contributed by atoms with E-state index in [-0.39, 0.29) is 16.4 Å². The molecule has 0 saturated carbocycles. The second-order valence-corrected chi connectivity index (χ2v) is 15.2. The molecule has 5 nitrogen and oxygen atoms in total. The third-order valence-electron chi connectivity index (χ3n) is 5.70. The van der Waals surface area contributed by atoms with Crippen LogP contribution in [-0.2, 0) is 20.7 Å². The Hall–Kier alpha value is -1.68. The van der Waals surface area contributed by atoms with Gasteiger partial charge in [0.15, 0.2) is 11.5 Å². The van der Waals surface area contributed by atoms with Crippen molar-refractivity contribution in [2.75, 3.05) is 7.11 Å². The van der Waals surface area contributed by atoms with E-state index in [9.17, 15) is 21.6 Å². The summed E-state index contributed by atoms with van der Waals surface area (Å²) in [4.78, 5) is 0. The van der Waals surface area contributed by atoms with E-state index in [0.717, 1.165) is 0 Å². The van der Waals surface area contributed by atoms with Crippen LogP contribution in [0.5, 0.6) is 11.5 Å². The van der Waals surface area contributed by atoms with Gasteiger partial charge in [0.05, 0.1) is 7.11 Å². The van der Waals surface area contributed by atoms with E-state index >= 15 is 0 Å². The van der Waals surface area contributed by atoms with Crippen LogP contribution >= 0.6 is 0 Å². The summed E-state index contributed by atoms with van der Waals surface area (Å²) in [5, 5.41) is -0.129. The number of allylic oxidation sites excluding steroid dienone is 1. The number of hydrogen-bond acceptors (Lipinski definition) is 5. The van der Waals surface area contributed by atoms with Crippen molar-refractivity contribution in [1.29, 1.82) is 0 Å². The van der Waals surface area contributed by atoms with Crippen LogP contribution in [0.2, 0.25) is 18.1 Å². The van der Waals surface area contributed by atoms with Gasteiger partial charge in [0, 0.05) is 11.1 Å². The number of halogens is 3. The van der Waals surface area contributed by atoms with Crippen molar-refractivity contribution in [3.8, 4) is 11.5 Å². The summed E-state index contributed by atoms with van der Waals surface area (Å²) >= 11 is 0. The molecule has 0 radical (unpaired) electrons. The monoisotopic (exact) mass is 466 g/mol. The second-order valence-electron chi connectivity index (χ2n) is 8.93. The molecule has 1 aromatic carbocycles. The molecule has 0 heterocycles. The van der Waals surface area contributed by atoms with Crippen molar-refractivity contribution in [1.82, 2.24) is 0 Å². The number of rotatable bonds is 5. The maximum atomic E-state index is 13.0.